The van der Waals surface area contributed by atoms with Crippen LogP contribution in [0.4, 0.5) is 0 Å². The molecule has 92 valence electrons. The van der Waals surface area contributed by atoms with Crippen LogP contribution in [0.15, 0.2) is 24.3 Å². The predicted octanol–water partition coefficient (Wildman–Crippen LogP) is 1.91. The summed E-state index contributed by atoms with van der Waals surface area (Å²) in [5.41, 5.74) is 0.864. The number of benzene rings is 1. The van der Waals surface area contributed by atoms with Crippen LogP contribution < -0.4 is 5.32 Å². The van der Waals surface area contributed by atoms with Gasteiger partial charge in [-0.3, -0.25) is 4.79 Å². The highest BCUT2D eigenvalue weighted by Crippen LogP contribution is 2.33. The van der Waals surface area contributed by atoms with E-state index >= 15 is 0 Å². The molecule has 0 aromatic heterocycles. The van der Waals surface area contributed by atoms with Crippen molar-refractivity contribution in [2.75, 3.05) is 6.54 Å². The second kappa shape index (κ2) is 5.19. The van der Waals surface area contributed by atoms with Crippen LogP contribution >= 0.6 is 0 Å². The van der Waals surface area contributed by atoms with Crippen molar-refractivity contribution < 1.29 is 15.0 Å². The molecule has 1 aliphatic rings. The van der Waals surface area contributed by atoms with Gasteiger partial charge in [0.15, 0.2) is 0 Å². The molecule has 1 aromatic carbocycles. The number of aromatic hydroxyl groups is 1. The number of phenolic OH excluding ortho intramolecular Hbond substituents is 1. The third-order valence-electron chi connectivity index (χ3n) is 3.29. The van der Waals surface area contributed by atoms with Crippen LogP contribution in [0.1, 0.15) is 30.9 Å². The molecule has 17 heavy (non-hydrogen) atoms. The first-order chi connectivity index (χ1) is 8.16. The molecule has 0 bridgehead atoms. The van der Waals surface area contributed by atoms with E-state index in [0.717, 1.165) is 24.9 Å². The Kier molecular flexibility index (Phi) is 3.64. The first kappa shape index (κ1) is 11.9. The number of aliphatic carboxylic acids is 1. The van der Waals surface area contributed by atoms with Crippen LogP contribution in [0, 0.1) is 5.92 Å². The molecule has 2 atom stereocenters. The minimum absolute atomic E-state index is 0.0642. The van der Waals surface area contributed by atoms with Crippen molar-refractivity contribution >= 4 is 5.97 Å². The Bertz CT molecular complexity index is 405. The first-order valence-electron chi connectivity index (χ1n) is 5.90. The van der Waals surface area contributed by atoms with Gasteiger partial charge in [0.1, 0.15) is 5.75 Å². The van der Waals surface area contributed by atoms with Crippen molar-refractivity contribution in [3.63, 3.8) is 0 Å². The summed E-state index contributed by atoms with van der Waals surface area (Å²) in [6.07, 6.45) is 1.87. The molecule has 0 spiro atoms. The maximum Gasteiger partial charge on any atom is 0.303 e. The van der Waals surface area contributed by atoms with Crippen LogP contribution in [-0.2, 0) is 4.79 Å². The molecule has 4 heteroatoms. The fourth-order valence-electron chi connectivity index (χ4n) is 2.45. The van der Waals surface area contributed by atoms with Gasteiger partial charge in [0.05, 0.1) is 0 Å². The first-order valence-corrected chi connectivity index (χ1v) is 5.90. The minimum atomic E-state index is -0.743. The number of hydrogen-bond donors (Lipinski definition) is 3. The summed E-state index contributed by atoms with van der Waals surface area (Å²) in [7, 11) is 0. The quantitative estimate of drug-likeness (QED) is 0.748. The van der Waals surface area contributed by atoms with E-state index in [1.54, 1.807) is 12.1 Å². The van der Waals surface area contributed by atoms with E-state index < -0.39 is 5.97 Å². The highest BCUT2D eigenvalue weighted by atomic mass is 16.4. The number of rotatable bonds is 3. The highest BCUT2D eigenvalue weighted by Gasteiger charge is 2.25. The fraction of sp³-hybridized carbons (Fsp3) is 0.462. The van der Waals surface area contributed by atoms with Crippen LogP contribution in [-0.4, -0.2) is 22.7 Å². The smallest absolute Gasteiger partial charge is 0.303 e. The summed E-state index contributed by atoms with van der Waals surface area (Å²) in [6, 6.07) is 7.29. The molecule has 1 fully saturated rings. The molecule has 3 N–H and O–H groups in total. The van der Waals surface area contributed by atoms with Crippen molar-refractivity contribution in [3.05, 3.63) is 29.8 Å². The summed E-state index contributed by atoms with van der Waals surface area (Å²) >= 11 is 0. The summed E-state index contributed by atoms with van der Waals surface area (Å²) < 4.78 is 0. The molecular formula is C13H17NO3. The van der Waals surface area contributed by atoms with Gasteiger partial charge in [-0.2, -0.15) is 0 Å². The Labute approximate surface area is 100 Å². The largest absolute Gasteiger partial charge is 0.508 e. The number of piperidine rings is 1. The van der Waals surface area contributed by atoms with E-state index in [2.05, 4.69) is 5.32 Å². The zero-order valence-corrected chi connectivity index (χ0v) is 9.60. The van der Waals surface area contributed by atoms with Crippen LogP contribution in [0.2, 0.25) is 0 Å². The van der Waals surface area contributed by atoms with Crippen molar-refractivity contribution in [1.82, 2.24) is 5.32 Å². The minimum Gasteiger partial charge on any atom is -0.508 e. The average Bonchev–Trinajstić information content (AvgIpc) is 2.29. The van der Waals surface area contributed by atoms with Crippen LogP contribution in [0.5, 0.6) is 5.75 Å². The predicted molar refractivity (Wildman–Crippen MR) is 63.8 cm³/mol. The highest BCUT2D eigenvalue weighted by molar-refractivity contribution is 5.67. The zero-order chi connectivity index (χ0) is 12.3. The number of carboxylic acids is 1. The summed E-state index contributed by atoms with van der Waals surface area (Å²) in [6.45, 7) is 0.803. The fourth-order valence-corrected chi connectivity index (χ4v) is 2.45. The van der Waals surface area contributed by atoms with Gasteiger partial charge in [-0.15, -0.1) is 0 Å². The molecule has 1 aromatic rings. The van der Waals surface area contributed by atoms with Gasteiger partial charge in [-0.05, 0) is 31.4 Å². The molecular weight excluding hydrogens is 218 g/mol. The third-order valence-corrected chi connectivity index (χ3v) is 3.29. The zero-order valence-electron chi connectivity index (χ0n) is 9.60. The molecule has 1 aliphatic heterocycles. The van der Waals surface area contributed by atoms with E-state index in [1.807, 2.05) is 12.1 Å². The van der Waals surface area contributed by atoms with E-state index in [4.69, 9.17) is 5.11 Å². The van der Waals surface area contributed by atoms with Gasteiger partial charge in [-0.1, -0.05) is 18.2 Å². The Balaban J connectivity index is 2.07. The molecule has 2 rings (SSSR count). The summed E-state index contributed by atoms with van der Waals surface area (Å²) in [5, 5.41) is 21.9. The molecule has 0 amide bonds. The number of nitrogens with one attached hydrogen (secondary N) is 1. The van der Waals surface area contributed by atoms with Crippen molar-refractivity contribution in [1.29, 1.82) is 0 Å². The normalized spacial score (nSPS) is 24.5. The molecule has 1 saturated heterocycles. The molecule has 0 radical (unpaired) electrons. The number of carbonyl (C=O) groups is 1. The molecule has 0 aliphatic carbocycles. The lowest BCUT2D eigenvalue weighted by molar-refractivity contribution is -0.138. The van der Waals surface area contributed by atoms with E-state index in [0.29, 0.717) is 0 Å². The summed E-state index contributed by atoms with van der Waals surface area (Å²) in [4.78, 5) is 10.7. The number of hydrogen-bond acceptors (Lipinski definition) is 3. The second-order valence-corrected chi connectivity index (χ2v) is 4.55. The van der Waals surface area contributed by atoms with Crippen LogP contribution in [0.25, 0.3) is 0 Å². The number of carboxylic acid groups (broad SMARTS) is 1. The van der Waals surface area contributed by atoms with Crippen molar-refractivity contribution in [2.24, 2.45) is 5.92 Å². The Morgan fingerprint density at radius 2 is 2.18 bits per heavy atom. The van der Waals surface area contributed by atoms with Crippen molar-refractivity contribution in [2.45, 2.75) is 25.3 Å². The van der Waals surface area contributed by atoms with Gasteiger partial charge in [0.25, 0.3) is 0 Å². The lowest BCUT2D eigenvalue weighted by Gasteiger charge is -2.30. The van der Waals surface area contributed by atoms with Gasteiger partial charge >= 0.3 is 5.97 Å². The number of para-hydroxylation sites is 1. The topological polar surface area (TPSA) is 69.6 Å². The van der Waals surface area contributed by atoms with Crippen molar-refractivity contribution in [3.8, 4) is 5.75 Å². The average molecular weight is 235 g/mol. The maximum atomic E-state index is 10.7. The Hall–Kier alpha value is -1.55. The SMILES string of the molecule is O=C(O)CC1CCNC(c2ccccc2O)C1. The molecule has 2 unspecified atom stereocenters. The van der Waals surface area contributed by atoms with Gasteiger partial charge in [-0.25, -0.2) is 0 Å². The van der Waals surface area contributed by atoms with Gasteiger partial charge in [0, 0.05) is 18.0 Å². The molecule has 0 saturated carbocycles. The second-order valence-electron chi connectivity index (χ2n) is 4.55. The monoisotopic (exact) mass is 235 g/mol. The lowest BCUT2D eigenvalue weighted by atomic mass is 9.86. The van der Waals surface area contributed by atoms with E-state index in [1.165, 1.54) is 0 Å². The molecule has 4 nitrogen and oxygen atoms in total. The van der Waals surface area contributed by atoms with Gasteiger partial charge in [0.2, 0.25) is 0 Å². The Morgan fingerprint density at radius 1 is 1.41 bits per heavy atom. The summed E-state index contributed by atoms with van der Waals surface area (Å²) in [5.74, 6) is -0.271. The number of phenols is 1. The van der Waals surface area contributed by atoms with E-state index in [9.17, 15) is 9.90 Å². The third kappa shape index (κ3) is 2.97. The van der Waals surface area contributed by atoms with E-state index in [-0.39, 0.29) is 24.1 Å². The van der Waals surface area contributed by atoms with Gasteiger partial charge < -0.3 is 15.5 Å². The molecule has 1 heterocycles. The standard InChI is InChI=1S/C13H17NO3/c15-12-4-2-1-3-10(12)11-7-9(5-6-14-11)8-13(16)17/h1-4,9,11,14-15H,5-8H2,(H,16,17). The Morgan fingerprint density at radius 3 is 2.88 bits per heavy atom. The maximum absolute atomic E-state index is 10.7. The van der Waals surface area contributed by atoms with Crippen LogP contribution in [0.3, 0.4) is 0 Å². The lowest BCUT2D eigenvalue weighted by Crippen LogP contribution is -2.32.